The van der Waals surface area contributed by atoms with Crippen molar-refractivity contribution >= 4 is 27.4 Å². The Bertz CT molecular complexity index is 1490. The number of anilines is 1. The van der Waals surface area contributed by atoms with Crippen molar-refractivity contribution in [3.8, 4) is 16.9 Å². The Balaban J connectivity index is 2.27. The maximum absolute atomic E-state index is 14.1. The van der Waals surface area contributed by atoms with Crippen molar-refractivity contribution in [2.45, 2.75) is 11.1 Å². The molecule has 0 aliphatic carbocycles. The van der Waals surface area contributed by atoms with Crippen LogP contribution < -0.4 is 9.64 Å². The number of aromatic nitrogens is 1. The van der Waals surface area contributed by atoms with Crippen LogP contribution in [0, 0.1) is 11.6 Å². The molecule has 0 saturated carbocycles. The quantitative estimate of drug-likeness (QED) is 0.444. The highest BCUT2D eigenvalue weighted by Gasteiger charge is 2.34. The fraction of sp³-hybridized carbons (Fsp3) is 0.174. The number of alkyl halides is 3. The summed E-state index contributed by atoms with van der Waals surface area (Å²) in [5.74, 6) is -5.67. The summed E-state index contributed by atoms with van der Waals surface area (Å²) in [5.41, 5.74) is -2.75. The van der Waals surface area contributed by atoms with Crippen LogP contribution in [0.5, 0.6) is 5.75 Å². The van der Waals surface area contributed by atoms with E-state index in [9.17, 15) is 45.1 Å². The molecule has 196 valence electrons. The zero-order valence-corrected chi connectivity index (χ0v) is 19.8. The number of benzene rings is 2. The molecule has 1 aromatic heterocycles. The molecule has 0 aliphatic heterocycles. The van der Waals surface area contributed by atoms with E-state index in [2.05, 4.69) is 4.98 Å². The fourth-order valence-corrected chi connectivity index (χ4v) is 4.08. The Morgan fingerprint density at radius 2 is 1.70 bits per heavy atom. The maximum Gasteiger partial charge on any atom is 0.416 e. The Labute approximate surface area is 206 Å². The topological polar surface area (TPSA) is 114 Å². The minimum absolute atomic E-state index is 0.0735. The monoisotopic (exact) mass is 544 g/mol. The molecule has 0 saturated heterocycles. The number of carboxylic acid groups (broad SMARTS) is 1. The zero-order chi connectivity index (χ0) is 27.7. The van der Waals surface area contributed by atoms with Crippen molar-refractivity contribution in [2.75, 3.05) is 24.8 Å². The van der Waals surface area contributed by atoms with Crippen LogP contribution in [-0.4, -0.2) is 50.3 Å². The second-order valence-electron chi connectivity index (χ2n) is 7.66. The number of rotatable bonds is 7. The molecule has 3 rings (SSSR count). The van der Waals surface area contributed by atoms with Gasteiger partial charge in [0.25, 0.3) is 5.91 Å². The van der Waals surface area contributed by atoms with E-state index in [0.29, 0.717) is 35.4 Å². The number of nitrogens with zero attached hydrogens (tertiary/aromatic N) is 2. The van der Waals surface area contributed by atoms with Crippen molar-refractivity contribution in [1.82, 2.24) is 4.98 Å². The van der Waals surface area contributed by atoms with Crippen LogP contribution in [0.25, 0.3) is 11.1 Å². The number of carbonyl (C=O) groups excluding carboxylic acids is 1. The summed E-state index contributed by atoms with van der Waals surface area (Å²) in [5, 5.41) is 9.43. The van der Waals surface area contributed by atoms with Crippen LogP contribution >= 0.6 is 0 Å². The highest BCUT2D eigenvalue weighted by Crippen LogP contribution is 2.38. The zero-order valence-electron chi connectivity index (χ0n) is 19.0. The molecule has 0 bridgehead atoms. The van der Waals surface area contributed by atoms with Crippen LogP contribution in [0.3, 0.4) is 0 Å². The molecule has 37 heavy (non-hydrogen) atoms. The number of sulfone groups is 1. The van der Waals surface area contributed by atoms with Crippen molar-refractivity contribution in [3.05, 3.63) is 71.6 Å². The molecule has 1 N–H and O–H groups in total. The molecule has 8 nitrogen and oxygen atoms in total. The molecule has 14 heteroatoms. The van der Waals surface area contributed by atoms with Gasteiger partial charge in [0.1, 0.15) is 12.3 Å². The van der Waals surface area contributed by atoms with Gasteiger partial charge in [-0.15, -0.1) is 0 Å². The molecule has 1 amide bonds. The van der Waals surface area contributed by atoms with Crippen molar-refractivity contribution < 1.29 is 49.8 Å². The molecular formula is C23H17F5N2O6S. The molecule has 1 heterocycles. The predicted molar refractivity (Wildman–Crippen MR) is 120 cm³/mol. The second-order valence-corrected chi connectivity index (χ2v) is 9.68. The first-order chi connectivity index (χ1) is 17.1. The number of methoxy groups -OCH3 is 1. The highest BCUT2D eigenvalue weighted by molar-refractivity contribution is 7.90. The van der Waals surface area contributed by atoms with E-state index < -0.39 is 62.1 Å². The lowest BCUT2D eigenvalue weighted by Gasteiger charge is -2.24. The smallest absolute Gasteiger partial charge is 0.416 e. The van der Waals surface area contributed by atoms with Gasteiger partial charge in [-0.25, -0.2) is 17.2 Å². The molecule has 0 spiro atoms. The normalized spacial score (nSPS) is 11.8. The van der Waals surface area contributed by atoms with E-state index in [1.807, 2.05) is 0 Å². The van der Waals surface area contributed by atoms with Crippen LogP contribution in [0.15, 0.2) is 53.7 Å². The lowest BCUT2D eigenvalue weighted by molar-refractivity contribution is -0.138. The number of hydrogen-bond acceptors (Lipinski definition) is 6. The first kappa shape index (κ1) is 27.5. The highest BCUT2D eigenvalue weighted by atomic mass is 32.2. The average molecular weight is 544 g/mol. The van der Waals surface area contributed by atoms with Gasteiger partial charge in [-0.2, -0.15) is 13.2 Å². The van der Waals surface area contributed by atoms with E-state index in [1.54, 1.807) is 0 Å². The van der Waals surface area contributed by atoms with Crippen LogP contribution in [0.2, 0.25) is 0 Å². The lowest BCUT2D eigenvalue weighted by atomic mass is 10.0. The second kappa shape index (κ2) is 10.1. The summed E-state index contributed by atoms with van der Waals surface area (Å²) in [6, 6.07) is 4.05. The third-order valence-corrected chi connectivity index (χ3v) is 6.16. The summed E-state index contributed by atoms with van der Waals surface area (Å²) < 4.78 is 97.3. The molecule has 0 radical (unpaired) electrons. The summed E-state index contributed by atoms with van der Waals surface area (Å²) in [4.78, 5) is 28.5. The van der Waals surface area contributed by atoms with E-state index >= 15 is 0 Å². The van der Waals surface area contributed by atoms with Crippen LogP contribution in [0.4, 0.5) is 27.6 Å². The molecule has 0 fully saturated rings. The summed E-state index contributed by atoms with van der Waals surface area (Å²) in [7, 11) is -3.07. The van der Waals surface area contributed by atoms with Gasteiger partial charge in [0.2, 0.25) is 0 Å². The minimum atomic E-state index is -5.04. The Kier molecular flexibility index (Phi) is 7.53. The minimum Gasteiger partial charge on any atom is -0.496 e. The number of aliphatic carboxylic acids is 1. The SMILES string of the molecule is COc1cc(F)c(F)cc1-c1ccncc1N(CC(=O)O)C(=O)c1cc(C(F)(F)F)cc(S(C)(=O)=O)c1. The van der Waals surface area contributed by atoms with Gasteiger partial charge in [-0.1, -0.05) is 0 Å². The van der Waals surface area contributed by atoms with Gasteiger partial charge in [-0.3, -0.25) is 19.5 Å². The number of ether oxygens (including phenoxy) is 1. The Hall–Kier alpha value is -4.07. The van der Waals surface area contributed by atoms with Gasteiger partial charge >= 0.3 is 12.1 Å². The third kappa shape index (κ3) is 6.02. The molecular weight excluding hydrogens is 527 g/mol. The first-order valence-electron chi connectivity index (χ1n) is 10.1. The molecule has 0 unspecified atom stereocenters. The van der Waals surface area contributed by atoms with Crippen LogP contribution in [-0.2, 0) is 20.8 Å². The van der Waals surface area contributed by atoms with Crippen molar-refractivity contribution in [1.29, 1.82) is 0 Å². The van der Waals surface area contributed by atoms with Crippen LogP contribution in [0.1, 0.15) is 15.9 Å². The number of carboxylic acids is 1. The van der Waals surface area contributed by atoms with E-state index in [4.69, 9.17) is 4.74 Å². The number of hydrogen-bond donors (Lipinski definition) is 1. The number of halogens is 5. The maximum atomic E-state index is 14.1. The molecule has 2 aromatic carbocycles. The van der Waals surface area contributed by atoms with E-state index in [-0.39, 0.29) is 22.6 Å². The van der Waals surface area contributed by atoms with E-state index in [0.717, 1.165) is 19.4 Å². The van der Waals surface area contributed by atoms with E-state index in [1.165, 1.54) is 12.3 Å². The number of carbonyl (C=O) groups is 2. The first-order valence-corrected chi connectivity index (χ1v) is 12.0. The summed E-state index contributed by atoms with van der Waals surface area (Å²) in [6.07, 6.45) is -2.22. The summed E-state index contributed by atoms with van der Waals surface area (Å²) in [6.45, 7) is -1.10. The molecule has 0 aliphatic rings. The Morgan fingerprint density at radius 3 is 2.27 bits per heavy atom. The largest absolute Gasteiger partial charge is 0.496 e. The van der Waals surface area contributed by atoms with Gasteiger partial charge < -0.3 is 9.84 Å². The van der Waals surface area contributed by atoms with Gasteiger partial charge in [0.15, 0.2) is 21.5 Å². The lowest BCUT2D eigenvalue weighted by Crippen LogP contribution is -2.36. The fourth-order valence-electron chi connectivity index (χ4n) is 3.39. The average Bonchev–Trinajstić information content (AvgIpc) is 2.82. The third-order valence-electron chi connectivity index (χ3n) is 5.07. The standard InChI is InChI=1S/C23H17F5N2O6S/c1-36-20-9-18(25)17(24)8-16(20)15-3-4-29-10-19(15)30(11-21(31)32)22(33)12-5-13(23(26,27)28)7-14(6-12)37(2,34)35/h3-10H,11H2,1-2H3,(H,31,32). The summed E-state index contributed by atoms with van der Waals surface area (Å²) >= 11 is 0. The Morgan fingerprint density at radius 1 is 1.05 bits per heavy atom. The van der Waals surface area contributed by atoms with Gasteiger partial charge in [0, 0.05) is 35.2 Å². The number of pyridine rings is 1. The molecule has 3 aromatic rings. The van der Waals surface area contributed by atoms with Crippen molar-refractivity contribution in [3.63, 3.8) is 0 Å². The molecule has 0 atom stereocenters. The van der Waals surface area contributed by atoms with Gasteiger partial charge in [0.05, 0.1) is 29.5 Å². The van der Waals surface area contributed by atoms with Gasteiger partial charge in [-0.05, 0) is 30.3 Å². The van der Waals surface area contributed by atoms with Crippen molar-refractivity contribution in [2.24, 2.45) is 0 Å². The predicted octanol–water partition coefficient (Wildman–Crippen LogP) is 4.19. The number of amides is 1.